The molecule has 0 saturated heterocycles. The van der Waals surface area contributed by atoms with Gasteiger partial charge in [0.2, 0.25) is 5.88 Å². The molecule has 144 valence electrons. The quantitative estimate of drug-likeness (QED) is 0.231. The first-order valence-electron chi connectivity index (χ1n) is 9.14. The average molecular weight is 393 g/mol. The number of benzene rings is 3. The van der Waals surface area contributed by atoms with Crippen LogP contribution in [0.3, 0.4) is 0 Å². The summed E-state index contributed by atoms with van der Waals surface area (Å²) >= 11 is 0. The van der Waals surface area contributed by atoms with Gasteiger partial charge in [0, 0.05) is 23.4 Å². The van der Waals surface area contributed by atoms with Crippen molar-refractivity contribution in [2.75, 3.05) is 0 Å². The summed E-state index contributed by atoms with van der Waals surface area (Å²) in [5.41, 5.74) is 2.79. The van der Waals surface area contributed by atoms with Crippen LogP contribution in [-0.4, -0.2) is 11.1 Å². The SMILES string of the molecule is N#Cc1c(N=Cc2ccccc2[N+](=O)[O-])oc(-c2ccccc2)c1-c1ccccc1. The number of nitrogens with zero attached hydrogens (tertiary/aromatic N) is 3. The number of hydrogen-bond donors (Lipinski definition) is 0. The molecule has 4 rings (SSSR count). The molecule has 4 aromatic rings. The Kier molecular flexibility index (Phi) is 5.18. The van der Waals surface area contributed by atoms with E-state index in [0.717, 1.165) is 11.1 Å². The Morgan fingerprint density at radius 2 is 1.50 bits per heavy atom. The van der Waals surface area contributed by atoms with Gasteiger partial charge in [0.25, 0.3) is 5.69 Å². The molecule has 0 fully saturated rings. The second-order valence-corrected chi connectivity index (χ2v) is 6.40. The van der Waals surface area contributed by atoms with E-state index in [-0.39, 0.29) is 17.1 Å². The molecule has 0 saturated carbocycles. The Bertz CT molecular complexity index is 1270. The highest BCUT2D eigenvalue weighted by atomic mass is 16.6. The molecule has 0 aliphatic heterocycles. The first kappa shape index (κ1) is 18.8. The fourth-order valence-electron chi connectivity index (χ4n) is 3.18. The highest BCUT2D eigenvalue weighted by Crippen LogP contribution is 2.42. The lowest BCUT2D eigenvalue weighted by Crippen LogP contribution is -1.93. The maximum absolute atomic E-state index is 11.3. The molecule has 3 aromatic carbocycles. The molecule has 0 spiro atoms. The zero-order valence-electron chi connectivity index (χ0n) is 15.7. The number of nitriles is 1. The summed E-state index contributed by atoms with van der Waals surface area (Å²) in [6, 6.07) is 27.4. The van der Waals surface area contributed by atoms with Crippen molar-refractivity contribution in [3.8, 4) is 28.5 Å². The van der Waals surface area contributed by atoms with Gasteiger partial charge in [-0.2, -0.15) is 5.26 Å². The molecule has 6 heteroatoms. The number of nitro groups is 1. The summed E-state index contributed by atoms with van der Waals surface area (Å²) in [6.45, 7) is 0. The van der Waals surface area contributed by atoms with Crippen molar-refractivity contribution in [3.63, 3.8) is 0 Å². The van der Waals surface area contributed by atoms with Crippen molar-refractivity contribution in [1.82, 2.24) is 0 Å². The zero-order chi connectivity index (χ0) is 20.9. The van der Waals surface area contributed by atoms with E-state index >= 15 is 0 Å². The van der Waals surface area contributed by atoms with E-state index in [4.69, 9.17) is 4.42 Å². The summed E-state index contributed by atoms with van der Waals surface area (Å²) in [6.07, 6.45) is 1.35. The molecule has 0 bridgehead atoms. The third kappa shape index (κ3) is 3.60. The van der Waals surface area contributed by atoms with Crippen molar-refractivity contribution in [2.45, 2.75) is 0 Å². The van der Waals surface area contributed by atoms with E-state index < -0.39 is 4.92 Å². The van der Waals surface area contributed by atoms with Gasteiger partial charge in [-0.25, -0.2) is 4.99 Å². The topological polar surface area (TPSA) is 92.4 Å². The molecule has 6 nitrogen and oxygen atoms in total. The van der Waals surface area contributed by atoms with E-state index in [0.29, 0.717) is 16.9 Å². The van der Waals surface area contributed by atoms with Gasteiger partial charge in [-0.1, -0.05) is 72.8 Å². The molecule has 0 aliphatic carbocycles. The summed E-state index contributed by atoms with van der Waals surface area (Å²) < 4.78 is 6.01. The lowest BCUT2D eigenvalue weighted by molar-refractivity contribution is -0.385. The zero-order valence-corrected chi connectivity index (χ0v) is 15.7. The minimum absolute atomic E-state index is 0.0714. The third-order valence-corrected chi connectivity index (χ3v) is 4.55. The summed E-state index contributed by atoms with van der Waals surface area (Å²) in [5.74, 6) is 0.626. The number of nitro benzene ring substituents is 1. The van der Waals surface area contributed by atoms with Gasteiger partial charge in [-0.05, 0) is 11.6 Å². The molecule has 1 heterocycles. The molecule has 0 atom stereocenters. The van der Waals surface area contributed by atoms with E-state index in [1.165, 1.54) is 12.3 Å². The number of hydrogen-bond acceptors (Lipinski definition) is 5. The Labute approximate surface area is 172 Å². The monoisotopic (exact) mass is 393 g/mol. The summed E-state index contributed by atoms with van der Waals surface area (Å²) in [7, 11) is 0. The van der Waals surface area contributed by atoms with Crippen LogP contribution >= 0.6 is 0 Å². The van der Waals surface area contributed by atoms with Crippen LogP contribution in [0, 0.1) is 21.4 Å². The predicted molar refractivity (Wildman–Crippen MR) is 115 cm³/mol. The molecular weight excluding hydrogens is 378 g/mol. The molecule has 0 N–H and O–H groups in total. The molecule has 1 aromatic heterocycles. The summed E-state index contributed by atoms with van der Waals surface area (Å²) in [5, 5.41) is 21.1. The summed E-state index contributed by atoms with van der Waals surface area (Å²) in [4.78, 5) is 15.1. The normalized spacial score (nSPS) is 10.8. The average Bonchev–Trinajstić information content (AvgIpc) is 3.17. The highest BCUT2D eigenvalue weighted by molar-refractivity contribution is 5.91. The van der Waals surface area contributed by atoms with Gasteiger partial charge in [-0.3, -0.25) is 10.1 Å². The number of aliphatic imine (C=N–C) groups is 1. The fraction of sp³-hybridized carbons (Fsp3) is 0. The van der Waals surface area contributed by atoms with Crippen LogP contribution < -0.4 is 0 Å². The van der Waals surface area contributed by atoms with E-state index in [1.54, 1.807) is 18.2 Å². The van der Waals surface area contributed by atoms with Crippen molar-refractivity contribution < 1.29 is 9.34 Å². The highest BCUT2D eigenvalue weighted by Gasteiger charge is 2.22. The Morgan fingerprint density at radius 1 is 0.900 bits per heavy atom. The Morgan fingerprint density at radius 3 is 2.13 bits per heavy atom. The van der Waals surface area contributed by atoms with Gasteiger partial charge < -0.3 is 4.42 Å². The minimum Gasteiger partial charge on any atom is -0.436 e. The first-order valence-corrected chi connectivity index (χ1v) is 9.14. The lowest BCUT2D eigenvalue weighted by Gasteiger charge is -2.03. The second-order valence-electron chi connectivity index (χ2n) is 6.40. The van der Waals surface area contributed by atoms with Crippen LogP contribution in [0.2, 0.25) is 0 Å². The molecule has 0 radical (unpaired) electrons. The Hall–Kier alpha value is -4.50. The minimum atomic E-state index is -0.473. The van der Waals surface area contributed by atoms with Crippen LogP contribution in [0.1, 0.15) is 11.1 Å². The van der Waals surface area contributed by atoms with Crippen LogP contribution in [0.5, 0.6) is 0 Å². The van der Waals surface area contributed by atoms with Gasteiger partial charge >= 0.3 is 0 Å². The molecule has 0 amide bonds. The fourth-order valence-corrected chi connectivity index (χ4v) is 3.18. The van der Waals surface area contributed by atoms with Crippen LogP contribution in [0.15, 0.2) is 94.3 Å². The largest absolute Gasteiger partial charge is 0.436 e. The second kappa shape index (κ2) is 8.25. The molecule has 30 heavy (non-hydrogen) atoms. The molecule has 0 unspecified atom stereocenters. The van der Waals surface area contributed by atoms with Crippen LogP contribution in [0.25, 0.3) is 22.5 Å². The van der Waals surface area contributed by atoms with Gasteiger partial charge in [0.15, 0.2) is 0 Å². The number of furan rings is 1. The van der Waals surface area contributed by atoms with E-state index in [2.05, 4.69) is 11.1 Å². The van der Waals surface area contributed by atoms with E-state index in [1.807, 2.05) is 60.7 Å². The number of rotatable bonds is 5. The van der Waals surface area contributed by atoms with Gasteiger partial charge in [0.1, 0.15) is 17.4 Å². The van der Waals surface area contributed by atoms with Crippen molar-refractivity contribution in [1.29, 1.82) is 5.26 Å². The maximum Gasteiger partial charge on any atom is 0.278 e. The smallest absolute Gasteiger partial charge is 0.278 e. The van der Waals surface area contributed by atoms with Crippen molar-refractivity contribution in [2.24, 2.45) is 4.99 Å². The predicted octanol–water partition coefficient (Wildman–Crippen LogP) is 6.14. The first-order chi connectivity index (χ1) is 14.7. The van der Waals surface area contributed by atoms with Gasteiger partial charge in [-0.15, -0.1) is 0 Å². The van der Waals surface area contributed by atoms with Crippen molar-refractivity contribution >= 4 is 17.8 Å². The van der Waals surface area contributed by atoms with E-state index in [9.17, 15) is 15.4 Å². The van der Waals surface area contributed by atoms with Crippen molar-refractivity contribution in [3.05, 3.63) is 106 Å². The van der Waals surface area contributed by atoms with Gasteiger partial charge in [0.05, 0.1) is 10.5 Å². The molecule has 0 aliphatic rings. The maximum atomic E-state index is 11.3. The number of para-hydroxylation sites is 1. The molecular formula is C24H15N3O3. The Balaban J connectivity index is 1.89. The third-order valence-electron chi connectivity index (χ3n) is 4.55. The lowest BCUT2D eigenvalue weighted by atomic mass is 9.98. The standard InChI is InChI=1S/C24H15N3O3/c25-15-20-22(17-9-3-1-4-10-17)23(18-11-5-2-6-12-18)30-24(20)26-16-19-13-7-8-14-21(19)27(28)29/h1-14,16H. The van der Waals surface area contributed by atoms with Crippen LogP contribution in [-0.2, 0) is 0 Å². The van der Waals surface area contributed by atoms with Crippen LogP contribution in [0.4, 0.5) is 11.6 Å².